The molecule has 2 aliphatic rings. The number of aliphatic hydroxyl groups excluding tert-OH is 1. The van der Waals surface area contributed by atoms with E-state index < -0.39 is 0 Å². The Morgan fingerprint density at radius 3 is 2.94 bits per heavy atom. The van der Waals surface area contributed by atoms with Gasteiger partial charge in [-0.05, 0) is 36.0 Å². The molecular formula is C14H18O4. The van der Waals surface area contributed by atoms with E-state index in [0.29, 0.717) is 25.2 Å². The first-order valence-electron chi connectivity index (χ1n) is 6.40. The van der Waals surface area contributed by atoms with Gasteiger partial charge in [-0.1, -0.05) is 13.0 Å². The third kappa shape index (κ3) is 2.06. The fraction of sp³-hybridized carbons (Fsp3) is 0.571. The predicted molar refractivity (Wildman–Crippen MR) is 65.6 cm³/mol. The van der Waals surface area contributed by atoms with Crippen molar-refractivity contribution in [2.45, 2.75) is 19.4 Å². The van der Waals surface area contributed by atoms with Gasteiger partial charge in [0.15, 0.2) is 11.5 Å². The van der Waals surface area contributed by atoms with Gasteiger partial charge in [-0.2, -0.15) is 0 Å². The van der Waals surface area contributed by atoms with Crippen LogP contribution < -0.4 is 9.47 Å². The molecule has 2 aliphatic heterocycles. The Hall–Kier alpha value is -1.26. The van der Waals surface area contributed by atoms with Crippen molar-refractivity contribution in [1.82, 2.24) is 0 Å². The lowest BCUT2D eigenvalue weighted by Crippen LogP contribution is -2.29. The summed E-state index contributed by atoms with van der Waals surface area (Å²) < 4.78 is 16.5. The van der Waals surface area contributed by atoms with E-state index in [0.717, 1.165) is 23.5 Å². The molecule has 4 heteroatoms. The van der Waals surface area contributed by atoms with Crippen LogP contribution in [0.2, 0.25) is 0 Å². The minimum Gasteiger partial charge on any atom is -0.454 e. The highest BCUT2D eigenvalue weighted by Gasteiger charge is 2.29. The van der Waals surface area contributed by atoms with E-state index >= 15 is 0 Å². The molecule has 2 heterocycles. The summed E-state index contributed by atoms with van der Waals surface area (Å²) in [4.78, 5) is 0. The molecule has 2 unspecified atom stereocenters. The average Bonchev–Trinajstić information content (AvgIpc) is 2.86. The smallest absolute Gasteiger partial charge is 0.231 e. The lowest BCUT2D eigenvalue weighted by Gasteiger charge is -2.33. The minimum absolute atomic E-state index is 0.0489. The van der Waals surface area contributed by atoms with E-state index in [2.05, 4.69) is 6.92 Å². The van der Waals surface area contributed by atoms with Crippen molar-refractivity contribution in [1.29, 1.82) is 0 Å². The molecule has 0 amide bonds. The Balaban J connectivity index is 1.78. The molecule has 98 valence electrons. The average molecular weight is 250 g/mol. The number of benzene rings is 1. The number of rotatable bonds is 2. The molecule has 0 saturated carbocycles. The zero-order chi connectivity index (χ0) is 12.5. The van der Waals surface area contributed by atoms with Crippen molar-refractivity contribution in [2.75, 3.05) is 20.0 Å². The molecule has 1 saturated heterocycles. The molecule has 1 N–H and O–H groups in total. The molecule has 0 bridgehead atoms. The van der Waals surface area contributed by atoms with Gasteiger partial charge in [0, 0.05) is 6.61 Å². The number of aliphatic hydroxyl groups is 1. The molecule has 4 nitrogen and oxygen atoms in total. The van der Waals surface area contributed by atoms with Crippen LogP contribution in [0.4, 0.5) is 0 Å². The molecule has 1 aromatic carbocycles. The van der Waals surface area contributed by atoms with Crippen LogP contribution in [-0.2, 0) is 4.74 Å². The van der Waals surface area contributed by atoms with Gasteiger partial charge in [0.2, 0.25) is 6.79 Å². The van der Waals surface area contributed by atoms with Gasteiger partial charge in [-0.3, -0.25) is 0 Å². The van der Waals surface area contributed by atoms with Crippen LogP contribution in [0.25, 0.3) is 0 Å². The van der Waals surface area contributed by atoms with Crippen molar-refractivity contribution < 1.29 is 19.3 Å². The molecule has 1 aromatic rings. The fourth-order valence-corrected chi connectivity index (χ4v) is 2.58. The van der Waals surface area contributed by atoms with Crippen LogP contribution in [0, 0.1) is 11.8 Å². The highest BCUT2D eigenvalue weighted by atomic mass is 16.7. The van der Waals surface area contributed by atoms with Crippen LogP contribution in [0.3, 0.4) is 0 Å². The lowest BCUT2D eigenvalue weighted by molar-refractivity contribution is -0.0556. The topological polar surface area (TPSA) is 47.9 Å². The van der Waals surface area contributed by atoms with Crippen molar-refractivity contribution in [3.05, 3.63) is 23.8 Å². The van der Waals surface area contributed by atoms with Crippen molar-refractivity contribution in [2.24, 2.45) is 11.8 Å². The SMILES string of the molecule is CC1COC(c2ccc3c(c2)OCO3)C[C@H]1CO. The van der Waals surface area contributed by atoms with Gasteiger partial charge in [0.25, 0.3) is 0 Å². The fourth-order valence-electron chi connectivity index (χ4n) is 2.58. The van der Waals surface area contributed by atoms with E-state index in [-0.39, 0.29) is 12.7 Å². The monoisotopic (exact) mass is 250 g/mol. The normalized spacial score (nSPS) is 30.4. The van der Waals surface area contributed by atoms with Crippen LogP contribution in [0.15, 0.2) is 18.2 Å². The Bertz CT molecular complexity index is 432. The van der Waals surface area contributed by atoms with Gasteiger partial charge in [0.1, 0.15) is 0 Å². The lowest BCUT2D eigenvalue weighted by atomic mass is 9.85. The maximum Gasteiger partial charge on any atom is 0.231 e. The second kappa shape index (κ2) is 4.78. The van der Waals surface area contributed by atoms with E-state index in [4.69, 9.17) is 14.2 Å². The molecular weight excluding hydrogens is 232 g/mol. The molecule has 1 fully saturated rings. The minimum atomic E-state index is 0.0489. The van der Waals surface area contributed by atoms with E-state index in [9.17, 15) is 5.11 Å². The van der Waals surface area contributed by atoms with Crippen LogP contribution in [0.5, 0.6) is 11.5 Å². The second-order valence-electron chi connectivity index (χ2n) is 5.09. The quantitative estimate of drug-likeness (QED) is 0.873. The number of hydrogen-bond acceptors (Lipinski definition) is 4. The first kappa shape index (κ1) is 11.8. The Kier molecular flexibility index (Phi) is 3.14. The largest absolute Gasteiger partial charge is 0.454 e. The zero-order valence-corrected chi connectivity index (χ0v) is 10.5. The summed E-state index contributed by atoms with van der Waals surface area (Å²) in [5.41, 5.74) is 1.10. The highest BCUT2D eigenvalue weighted by Crippen LogP contribution is 2.39. The number of fused-ring (bicyclic) bond motifs is 1. The van der Waals surface area contributed by atoms with Gasteiger partial charge in [0.05, 0.1) is 12.7 Å². The Morgan fingerprint density at radius 2 is 2.11 bits per heavy atom. The summed E-state index contributed by atoms with van der Waals surface area (Å²) in [6, 6.07) is 5.92. The van der Waals surface area contributed by atoms with Crippen LogP contribution in [-0.4, -0.2) is 25.1 Å². The maximum absolute atomic E-state index is 9.38. The van der Waals surface area contributed by atoms with Crippen molar-refractivity contribution >= 4 is 0 Å². The van der Waals surface area contributed by atoms with Crippen LogP contribution in [0.1, 0.15) is 25.0 Å². The molecule has 0 spiro atoms. The van der Waals surface area contributed by atoms with E-state index in [1.54, 1.807) is 0 Å². The predicted octanol–water partition coefficient (Wildman–Crippen LogP) is 2.12. The number of ether oxygens (including phenoxy) is 3. The summed E-state index contributed by atoms with van der Waals surface area (Å²) >= 11 is 0. The maximum atomic E-state index is 9.38. The van der Waals surface area contributed by atoms with Crippen LogP contribution >= 0.6 is 0 Å². The first-order valence-corrected chi connectivity index (χ1v) is 6.40. The molecule has 3 rings (SSSR count). The Labute approximate surface area is 106 Å². The van der Waals surface area contributed by atoms with Gasteiger partial charge in [-0.15, -0.1) is 0 Å². The standard InChI is InChI=1S/C14H18O4/c1-9-7-16-13(5-11(9)6-15)10-2-3-12-14(4-10)18-8-17-12/h2-4,9,11,13,15H,5-8H2,1H3/t9?,11-,13?/m0/s1. The van der Waals surface area contributed by atoms with E-state index in [1.807, 2.05) is 18.2 Å². The third-order valence-electron chi connectivity index (χ3n) is 3.88. The zero-order valence-electron chi connectivity index (χ0n) is 10.5. The molecule has 0 aliphatic carbocycles. The third-order valence-corrected chi connectivity index (χ3v) is 3.88. The molecule has 0 aromatic heterocycles. The number of hydrogen-bond donors (Lipinski definition) is 1. The summed E-state index contributed by atoms with van der Waals surface area (Å²) in [7, 11) is 0. The molecule has 18 heavy (non-hydrogen) atoms. The van der Waals surface area contributed by atoms with E-state index in [1.165, 1.54) is 0 Å². The van der Waals surface area contributed by atoms with Gasteiger partial charge in [-0.25, -0.2) is 0 Å². The highest BCUT2D eigenvalue weighted by molar-refractivity contribution is 5.45. The van der Waals surface area contributed by atoms with Crippen molar-refractivity contribution in [3.8, 4) is 11.5 Å². The molecule has 0 radical (unpaired) electrons. The first-order chi connectivity index (χ1) is 8.78. The second-order valence-corrected chi connectivity index (χ2v) is 5.09. The van der Waals surface area contributed by atoms with Gasteiger partial charge < -0.3 is 19.3 Å². The summed E-state index contributed by atoms with van der Waals surface area (Å²) in [6.45, 7) is 3.34. The summed E-state index contributed by atoms with van der Waals surface area (Å²) in [5.74, 6) is 2.31. The summed E-state index contributed by atoms with van der Waals surface area (Å²) in [6.07, 6.45) is 0.907. The molecule has 3 atom stereocenters. The van der Waals surface area contributed by atoms with Crippen molar-refractivity contribution in [3.63, 3.8) is 0 Å². The van der Waals surface area contributed by atoms with Gasteiger partial charge >= 0.3 is 0 Å². The Morgan fingerprint density at radius 1 is 1.28 bits per heavy atom. The summed E-state index contributed by atoms with van der Waals surface area (Å²) in [5, 5.41) is 9.38.